The molecule has 2 rings (SSSR count). The molecule has 2 aromatic carbocycles. The van der Waals surface area contributed by atoms with Crippen LogP contribution in [0.15, 0.2) is 42.5 Å². The van der Waals surface area contributed by atoms with Gasteiger partial charge in [0.1, 0.15) is 6.04 Å². The largest absolute Gasteiger partial charge is 0.354 e. The van der Waals surface area contributed by atoms with E-state index in [2.05, 4.69) is 12.2 Å². The normalized spacial score (nSPS) is 11.8. The van der Waals surface area contributed by atoms with Gasteiger partial charge in [-0.1, -0.05) is 73.8 Å². The number of unbranched alkanes of at least 4 members (excludes halogenated alkanes) is 1. The first kappa shape index (κ1) is 24.2. The lowest BCUT2D eigenvalue weighted by Gasteiger charge is -2.31. The zero-order valence-electron chi connectivity index (χ0n) is 17.9. The number of carbonyl (C=O) groups is 2. The number of hydrogen-bond acceptors (Lipinski definition) is 2. The van der Waals surface area contributed by atoms with Crippen LogP contribution >= 0.6 is 23.2 Å². The van der Waals surface area contributed by atoms with Crippen molar-refractivity contribution in [2.75, 3.05) is 6.54 Å². The Labute approximate surface area is 189 Å². The van der Waals surface area contributed by atoms with Crippen LogP contribution in [0.3, 0.4) is 0 Å². The van der Waals surface area contributed by atoms with Crippen molar-refractivity contribution in [2.45, 2.75) is 59.0 Å². The van der Waals surface area contributed by atoms with E-state index in [1.165, 1.54) is 0 Å². The lowest BCUT2D eigenvalue weighted by molar-refractivity contribution is -0.140. The van der Waals surface area contributed by atoms with Crippen molar-refractivity contribution in [3.8, 4) is 0 Å². The van der Waals surface area contributed by atoms with Crippen molar-refractivity contribution in [1.82, 2.24) is 10.2 Å². The molecule has 0 aromatic heterocycles. The fourth-order valence-electron chi connectivity index (χ4n) is 3.33. The van der Waals surface area contributed by atoms with Crippen molar-refractivity contribution < 1.29 is 9.59 Å². The number of aryl methyl sites for hydroxylation is 1. The maximum atomic E-state index is 13.4. The van der Waals surface area contributed by atoms with Gasteiger partial charge in [-0.15, -0.1) is 0 Å². The van der Waals surface area contributed by atoms with Gasteiger partial charge in [0.25, 0.3) is 0 Å². The molecule has 0 spiro atoms. The third kappa shape index (κ3) is 6.75. The Bertz CT molecular complexity index is 870. The molecule has 30 heavy (non-hydrogen) atoms. The highest BCUT2D eigenvalue weighted by molar-refractivity contribution is 6.35. The van der Waals surface area contributed by atoms with Crippen LogP contribution in [-0.4, -0.2) is 29.3 Å². The summed E-state index contributed by atoms with van der Waals surface area (Å²) in [5.41, 5.74) is 2.77. The molecular weight excluding hydrogens is 419 g/mol. The monoisotopic (exact) mass is 448 g/mol. The van der Waals surface area contributed by atoms with Gasteiger partial charge in [-0.2, -0.15) is 0 Å². The second kappa shape index (κ2) is 12.0. The highest BCUT2D eigenvalue weighted by Crippen LogP contribution is 2.24. The lowest BCUT2D eigenvalue weighted by atomic mass is 10.0. The summed E-state index contributed by atoms with van der Waals surface area (Å²) in [5, 5.41) is 3.98. The van der Waals surface area contributed by atoms with Crippen molar-refractivity contribution in [3.05, 3.63) is 69.2 Å². The Hall–Kier alpha value is -2.04. The molecule has 4 nitrogen and oxygen atoms in total. The van der Waals surface area contributed by atoms with Gasteiger partial charge in [0.05, 0.1) is 6.42 Å². The summed E-state index contributed by atoms with van der Waals surface area (Å²) < 4.78 is 0. The van der Waals surface area contributed by atoms with Crippen LogP contribution in [-0.2, 0) is 22.6 Å². The van der Waals surface area contributed by atoms with E-state index in [4.69, 9.17) is 23.2 Å². The van der Waals surface area contributed by atoms with Crippen LogP contribution in [0, 0.1) is 6.92 Å². The fraction of sp³-hybridized carbons (Fsp3) is 0.417. The minimum absolute atomic E-state index is 0.104. The summed E-state index contributed by atoms with van der Waals surface area (Å²) in [4.78, 5) is 27.9. The van der Waals surface area contributed by atoms with Crippen LogP contribution in [0.1, 0.15) is 49.8 Å². The van der Waals surface area contributed by atoms with Gasteiger partial charge in [-0.25, -0.2) is 0 Å². The summed E-state index contributed by atoms with van der Waals surface area (Å²) in [7, 11) is 0. The molecule has 0 aliphatic rings. The molecule has 0 aliphatic heterocycles. The third-order valence-electron chi connectivity index (χ3n) is 5.17. The van der Waals surface area contributed by atoms with Crippen molar-refractivity contribution >= 4 is 35.0 Å². The van der Waals surface area contributed by atoms with E-state index < -0.39 is 6.04 Å². The van der Waals surface area contributed by atoms with Gasteiger partial charge in [-0.05, 0) is 48.6 Å². The standard InChI is InChI=1S/C24H30Cl2N2O2/c1-4-6-13-27-24(30)22(5-2)28(16-19-11-12-20(25)15-21(19)26)23(29)14-18-10-8-7-9-17(18)3/h7-12,15,22H,4-6,13-14,16H2,1-3H3,(H,27,30). The average molecular weight is 449 g/mol. The van der Waals surface area contributed by atoms with Gasteiger partial charge in [0.15, 0.2) is 0 Å². The van der Waals surface area contributed by atoms with Gasteiger partial charge in [-0.3, -0.25) is 9.59 Å². The Kier molecular flexibility index (Phi) is 9.67. The second-order valence-corrected chi connectivity index (χ2v) is 8.27. The predicted molar refractivity (Wildman–Crippen MR) is 124 cm³/mol. The fourth-order valence-corrected chi connectivity index (χ4v) is 3.80. The molecule has 2 aromatic rings. The van der Waals surface area contributed by atoms with Gasteiger partial charge >= 0.3 is 0 Å². The molecule has 0 saturated carbocycles. The Morgan fingerprint density at radius 2 is 1.80 bits per heavy atom. The highest BCUT2D eigenvalue weighted by atomic mass is 35.5. The van der Waals surface area contributed by atoms with E-state index in [0.717, 1.165) is 29.5 Å². The molecule has 0 heterocycles. The summed E-state index contributed by atoms with van der Waals surface area (Å²) >= 11 is 12.4. The number of halogens is 2. The third-order valence-corrected chi connectivity index (χ3v) is 5.76. The summed E-state index contributed by atoms with van der Waals surface area (Å²) in [6, 6.07) is 12.4. The summed E-state index contributed by atoms with van der Waals surface area (Å²) in [5.74, 6) is -0.234. The maximum absolute atomic E-state index is 13.4. The maximum Gasteiger partial charge on any atom is 0.242 e. The van der Waals surface area contributed by atoms with E-state index in [-0.39, 0.29) is 24.8 Å². The number of hydrogen-bond donors (Lipinski definition) is 1. The number of carbonyl (C=O) groups excluding carboxylic acids is 2. The van der Waals surface area contributed by atoms with Crippen molar-refractivity contribution in [1.29, 1.82) is 0 Å². The van der Waals surface area contributed by atoms with E-state index in [1.807, 2.05) is 38.1 Å². The number of nitrogens with one attached hydrogen (secondary N) is 1. The first-order chi connectivity index (χ1) is 14.4. The van der Waals surface area contributed by atoms with Crippen molar-refractivity contribution in [2.24, 2.45) is 0 Å². The molecule has 0 fully saturated rings. The van der Waals surface area contributed by atoms with Gasteiger partial charge in [0.2, 0.25) is 11.8 Å². The topological polar surface area (TPSA) is 49.4 Å². The Balaban J connectivity index is 2.30. The van der Waals surface area contributed by atoms with Crippen LogP contribution in [0.2, 0.25) is 10.0 Å². The first-order valence-electron chi connectivity index (χ1n) is 10.4. The number of benzene rings is 2. The number of nitrogens with zero attached hydrogens (tertiary/aromatic N) is 1. The first-order valence-corrected chi connectivity index (χ1v) is 11.2. The quantitative estimate of drug-likeness (QED) is 0.483. The molecule has 0 radical (unpaired) electrons. The molecule has 0 bridgehead atoms. The van der Waals surface area contributed by atoms with E-state index >= 15 is 0 Å². The molecule has 1 N–H and O–H groups in total. The zero-order chi connectivity index (χ0) is 22.1. The van der Waals surface area contributed by atoms with Crippen LogP contribution in [0.5, 0.6) is 0 Å². The van der Waals surface area contributed by atoms with Crippen LogP contribution in [0.25, 0.3) is 0 Å². The molecule has 1 atom stereocenters. The molecule has 1 unspecified atom stereocenters. The Morgan fingerprint density at radius 1 is 1.07 bits per heavy atom. The smallest absolute Gasteiger partial charge is 0.242 e. The average Bonchev–Trinajstić information content (AvgIpc) is 2.71. The van der Waals surface area contributed by atoms with Gasteiger partial charge in [0, 0.05) is 23.1 Å². The van der Waals surface area contributed by atoms with Crippen LogP contribution in [0.4, 0.5) is 0 Å². The molecule has 6 heteroatoms. The molecular formula is C24H30Cl2N2O2. The number of rotatable bonds is 10. The zero-order valence-corrected chi connectivity index (χ0v) is 19.4. The predicted octanol–water partition coefficient (Wildman–Crippen LogP) is 5.57. The lowest BCUT2D eigenvalue weighted by Crippen LogP contribution is -2.49. The second-order valence-electron chi connectivity index (χ2n) is 7.43. The highest BCUT2D eigenvalue weighted by Gasteiger charge is 2.29. The summed E-state index contributed by atoms with van der Waals surface area (Å²) in [6.45, 7) is 6.83. The number of amides is 2. The van der Waals surface area contributed by atoms with Crippen molar-refractivity contribution in [3.63, 3.8) is 0 Å². The van der Waals surface area contributed by atoms with E-state index in [9.17, 15) is 9.59 Å². The molecule has 0 aliphatic carbocycles. The van der Waals surface area contributed by atoms with Gasteiger partial charge < -0.3 is 10.2 Å². The van der Waals surface area contributed by atoms with E-state index in [0.29, 0.717) is 23.0 Å². The van der Waals surface area contributed by atoms with Crippen LogP contribution < -0.4 is 5.32 Å². The Morgan fingerprint density at radius 3 is 2.43 bits per heavy atom. The van der Waals surface area contributed by atoms with E-state index in [1.54, 1.807) is 23.1 Å². The SMILES string of the molecule is CCCCNC(=O)C(CC)N(Cc1ccc(Cl)cc1Cl)C(=O)Cc1ccccc1C. The minimum Gasteiger partial charge on any atom is -0.354 e. The molecule has 2 amide bonds. The molecule has 0 saturated heterocycles. The minimum atomic E-state index is -0.565. The summed E-state index contributed by atoms with van der Waals surface area (Å²) in [6.07, 6.45) is 2.65. The molecule has 162 valence electrons.